The number of hydrogen-bond acceptors (Lipinski definition) is 4. The van der Waals surface area contributed by atoms with E-state index < -0.39 is 10.0 Å². The van der Waals surface area contributed by atoms with Crippen LogP contribution < -0.4 is 5.14 Å². The summed E-state index contributed by atoms with van der Waals surface area (Å²) in [6.45, 7) is 5.99. The first-order valence-corrected chi connectivity index (χ1v) is 8.28. The van der Waals surface area contributed by atoms with Gasteiger partial charge in [-0.05, 0) is 26.7 Å². The van der Waals surface area contributed by atoms with Gasteiger partial charge in [-0.3, -0.25) is 4.57 Å². The maximum Gasteiger partial charge on any atom is 0.273 e. The molecule has 1 saturated carbocycles. The number of sulfonamides is 1. The van der Waals surface area contributed by atoms with Gasteiger partial charge in [0.15, 0.2) is 0 Å². The molecule has 2 N–H and O–H groups in total. The first-order valence-electron chi connectivity index (χ1n) is 6.74. The van der Waals surface area contributed by atoms with Crippen molar-refractivity contribution in [1.82, 2.24) is 14.8 Å². The highest BCUT2D eigenvalue weighted by Gasteiger charge is 2.36. The van der Waals surface area contributed by atoms with Gasteiger partial charge in [0.25, 0.3) is 15.2 Å². The van der Waals surface area contributed by atoms with Gasteiger partial charge in [-0.1, -0.05) is 26.2 Å². The van der Waals surface area contributed by atoms with Gasteiger partial charge in [0.1, 0.15) is 5.82 Å². The Bertz CT molecular complexity index is 556. The summed E-state index contributed by atoms with van der Waals surface area (Å²) in [5.74, 6) is 0.756. The van der Waals surface area contributed by atoms with E-state index in [2.05, 4.69) is 17.1 Å². The van der Waals surface area contributed by atoms with E-state index in [0.29, 0.717) is 0 Å². The first kappa shape index (κ1) is 14.5. The van der Waals surface area contributed by atoms with Crippen molar-refractivity contribution in [1.29, 1.82) is 0 Å². The lowest BCUT2D eigenvalue weighted by atomic mass is 9.75. The topological polar surface area (TPSA) is 90.9 Å². The molecule has 19 heavy (non-hydrogen) atoms. The second kappa shape index (κ2) is 4.86. The summed E-state index contributed by atoms with van der Waals surface area (Å²) in [5, 5.41) is 13.1. The van der Waals surface area contributed by atoms with Crippen LogP contribution in [0.5, 0.6) is 0 Å². The zero-order valence-electron chi connectivity index (χ0n) is 11.8. The van der Waals surface area contributed by atoms with Crippen molar-refractivity contribution in [2.45, 2.75) is 69.5 Å². The van der Waals surface area contributed by atoms with Crippen LogP contribution in [0.1, 0.15) is 64.7 Å². The molecule has 0 bridgehead atoms. The monoisotopic (exact) mass is 286 g/mol. The summed E-state index contributed by atoms with van der Waals surface area (Å²) in [7, 11) is -3.83. The summed E-state index contributed by atoms with van der Waals surface area (Å²) in [4.78, 5) is 0. The van der Waals surface area contributed by atoms with Crippen LogP contribution in [0.4, 0.5) is 0 Å². The molecule has 7 heteroatoms. The number of aromatic nitrogens is 3. The average Bonchev–Trinajstić information content (AvgIpc) is 2.74. The molecule has 1 heterocycles. The fraction of sp³-hybridized carbons (Fsp3) is 0.833. The molecular formula is C12H22N4O2S. The molecule has 1 aromatic rings. The molecule has 108 valence electrons. The maximum absolute atomic E-state index is 11.6. The van der Waals surface area contributed by atoms with Gasteiger partial charge in [0.2, 0.25) is 0 Å². The van der Waals surface area contributed by atoms with Crippen LogP contribution in [-0.2, 0) is 15.4 Å². The number of nitrogens with zero attached hydrogens (tertiary/aromatic N) is 3. The van der Waals surface area contributed by atoms with E-state index in [1.807, 2.05) is 13.8 Å². The lowest BCUT2D eigenvalue weighted by molar-refractivity contribution is 0.286. The Morgan fingerprint density at radius 3 is 2.26 bits per heavy atom. The van der Waals surface area contributed by atoms with Crippen LogP contribution in [-0.4, -0.2) is 23.2 Å². The molecule has 2 rings (SSSR count). The van der Waals surface area contributed by atoms with Crippen molar-refractivity contribution in [2.24, 2.45) is 5.14 Å². The molecular weight excluding hydrogens is 264 g/mol. The predicted molar refractivity (Wildman–Crippen MR) is 72.2 cm³/mol. The lowest BCUT2D eigenvalue weighted by Crippen LogP contribution is -2.31. The summed E-state index contributed by atoms with van der Waals surface area (Å²) in [5.41, 5.74) is -0.0987. The van der Waals surface area contributed by atoms with Crippen molar-refractivity contribution in [3.05, 3.63) is 5.82 Å². The minimum absolute atomic E-state index is 0.0305. The van der Waals surface area contributed by atoms with Crippen molar-refractivity contribution in [2.75, 3.05) is 0 Å². The van der Waals surface area contributed by atoms with Crippen LogP contribution in [0.2, 0.25) is 0 Å². The van der Waals surface area contributed by atoms with Crippen molar-refractivity contribution in [3.63, 3.8) is 0 Å². The SMILES string of the molecule is CC(C)n1c(C2(C)CCCCC2)nnc1S(N)(=O)=O. The number of primary sulfonamides is 1. The minimum atomic E-state index is -3.83. The van der Waals surface area contributed by atoms with Crippen LogP contribution in [0.3, 0.4) is 0 Å². The third-order valence-electron chi connectivity index (χ3n) is 3.93. The van der Waals surface area contributed by atoms with Gasteiger partial charge >= 0.3 is 0 Å². The number of nitrogens with two attached hydrogens (primary N) is 1. The summed E-state index contributed by atoms with van der Waals surface area (Å²) >= 11 is 0. The number of rotatable bonds is 3. The first-order chi connectivity index (χ1) is 8.76. The highest BCUT2D eigenvalue weighted by Crippen LogP contribution is 2.39. The highest BCUT2D eigenvalue weighted by atomic mass is 32.2. The predicted octanol–water partition coefficient (Wildman–Crippen LogP) is 1.73. The third-order valence-corrected chi connectivity index (χ3v) is 4.72. The Kier molecular flexibility index (Phi) is 3.70. The van der Waals surface area contributed by atoms with Crippen molar-refractivity contribution < 1.29 is 8.42 Å². The summed E-state index contributed by atoms with van der Waals surface area (Å²) < 4.78 is 24.9. The highest BCUT2D eigenvalue weighted by molar-refractivity contribution is 7.89. The second-order valence-electron chi connectivity index (χ2n) is 5.94. The van der Waals surface area contributed by atoms with Crippen molar-refractivity contribution in [3.8, 4) is 0 Å². The Balaban J connectivity index is 2.55. The van der Waals surface area contributed by atoms with Crippen LogP contribution in [0.15, 0.2) is 5.16 Å². The molecule has 0 unspecified atom stereocenters. The largest absolute Gasteiger partial charge is 0.298 e. The third kappa shape index (κ3) is 2.67. The molecule has 0 atom stereocenters. The van der Waals surface area contributed by atoms with E-state index >= 15 is 0 Å². The Labute approximate surface area is 114 Å². The molecule has 1 fully saturated rings. The Hall–Kier alpha value is -0.950. The van der Waals surface area contributed by atoms with Crippen LogP contribution in [0.25, 0.3) is 0 Å². The average molecular weight is 286 g/mol. The van der Waals surface area contributed by atoms with Gasteiger partial charge in [0.05, 0.1) is 0 Å². The van der Waals surface area contributed by atoms with E-state index in [1.165, 1.54) is 6.42 Å². The summed E-state index contributed by atoms with van der Waals surface area (Å²) in [6, 6.07) is -0.0305. The van der Waals surface area contributed by atoms with Gasteiger partial charge in [-0.15, -0.1) is 10.2 Å². The molecule has 1 aromatic heterocycles. The van der Waals surface area contributed by atoms with E-state index in [9.17, 15) is 8.42 Å². The molecule has 0 radical (unpaired) electrons. The molecule has 1 aliphatic rings. The van der Waals surface area contributed by atoms with Gasteiger partial charge < -0.3 is 0 Å². The fourth-order valence-corrected chi connectivity index (χ4v) is 3.63. The molecule has 0 spiro atoms. The quantitative estimate of drug-likeness (QED) is 0.916. The van der Waals surface area contributed by atoms with Gasteiger partial charge in [-0.2, -0.15) is 0 Å². The Morgan fingerprint density at radius 2 is 1.79 bits per heavy atom. The smallest absolute Gasteiger partial charge is 0.273 e. The maximum atomic E-state index is 11.6. The van der Waals surface area contributed by atoms with Gasteiger partial charge in [0, 0.05) is 11.5 Å². The van der Waals surface area contributed by atoms with Gasteiger partial charge in [-0.25, -0.2) is 13.6 Å². The van der Waals surface area contributed by atoms with E-state index in [4.69, 9.17) is 5.14 Å². The van der Waals surface area contributed by atoms with E-state index in [0.717, 1.165) is 31.5 Å². The zero-order valence-corrected chi connectivity index (χ0v) is 12.6. The fourth-order valence-electron chi connectivity index (χ4n) is 2.90. The molecule has 0 aromatic carbocycles. The van der Waals surface area contributed by atoms with Crippen LogP contribution in [0, 0.1) is 0 Å². The normalized spacial score (nSPS) is 19.8. The Morgan fingerprint density at radius 1 is 1.21 bits per heavy atom. The molecule has 0 amide bonds. The van der Waals surface area contributed by atoms with Crippen LogP contribution >= 0.6 is 0 Å². The molecule has 0 saturated heterocycles. The minimum Gasteiger partial charge on any atom is -0.298 e. The summed E-state index contributed by atoms with van der Waals surface area (Å²) in [6.07, 6.45) is 5.55. The standard InChI is InChI=1S/C12H22N4O2S/c1-9(2)16-10(12(3)7-5-4-6-8-12)14-15-11(16)19(13,17)18/h9H,4-8H2,1-3H3,(H2,13,17,18). The van der Waals surface area contributed by atoms with E-state index in [-0.39, 0.29) is 16.6 Å². The van der Waals surface area contributed by atoms with Crippen molar-refractivity contribution >= 4 is 10.0 Å². The number of hydrogen-bond donors (Lipinski definition) is 1. The molecule has 0 aliphatic heterocycles. The zero-order chi connectivity index (χ0) is 14.3. The second-order valence-corrected chi connectivity index (χ2v) is 7.39. The van der Waals surface area contributed by atoms with E-state index in [1.54, 1.807) is 4.57 Å². The molecule has 1 aliphatic carbocycles. The lowest BCUT2D eigenvalue weighted by Gasteiger charge is -2.33. The molecule has 6 nitrogen and oxygen atoms in total.